The SMILES string of the molecule is C[C@@H]1[C@H](O)CC[C@@]2(C)C[NH+](Cc3ccccc3)CC[C@@H]12. The Bertz CT molecular complexity index is 446. The molecule has 20 heavy (non-hydrogen) atoms. The van der Waals surface area contributed by atoms with E-state index in [0.717, 1.165) is 13.0 Å². The smallest absolute Gasteiger partial charge is 0.103 e. The van der Waals surface area contributed by atoms with Crippen LogP contribution >= 0.6 is 0 Å². The van der Waals surface area contributed by atoms with E-state index in [-0.39, 0.29) is 6.10 Å². The summed E-state index contributed by atoms with van der Waals surface area (Å²) in [4.78, 5) is 1.72. The zero-order valence-electron chi connectivity index (χ0n) is 12.8. The van der Waals surface area contributed by atoms with Crippen molar-refractivity contribution in [2.24, 2.45) is 17.3 Å². The highest BCUT2D eigenvalue weighted by molar-refractivity contribution is 5.13. The van der Waals surface area contributed by atoms with Gasteiger partial charge in [0.25, 0.3) is 0 Å². The second-order valence-corrected chi connectivity index (χ2v) is 7.35. The molecule has 1 aliphatic carbocycles. The van der Waals surface area contributed by atoms with Crippen LogP contribution in [0, 0.1) is 17.3 Å². The molecule has 1 aromatic rings. The van der Waals surface area contributed by atoms with Gasteiger partial charge in [-0.2, -0.15) is 0 Å². The Morgan fingerprint density at radius 2 is 2.00 bits per heavy atom. The Balaban J connectivity index is 1.68. The molecule has 1 aromatic carbocycles. The second-order valence-electron chi connectivity index (χ2n) is 7.35. The molecule has 5 atom stereocenters. The van der Waals surface area contributed by atoms with E-state index in [9.17, 15) is 5.11 Å². The van der Waals surface area contributed by atoms with E-state index in [2.05, 4.69) is 44.2 Å². The summed E-state index contributed by atoms with van der Waals surface area (Å²) < 4.78 is 0. The maximum Gasteiger partial charge on any atom is 0.103 e. The third-order valence-electron chi connectivity index (χ3n) is 5.91. The van der Waals surface area contributed by atoms with Gasteiger partial charge in [0, 0.05) is 17.4 Å². The highest BCUT2D eigenvalue weighted by Crippen LogP contribution is 2.46. The lowest BCUT2D eigenvalue weighted by Gasteiger charge is -2.51. The summed E-state index contributed by atoms with van der Waals surface area (Å²) in [7, 11) is 0. The van der Waals surface area contributed by atoms with Crippen LogP contribution in [0.5, 0.6) is 0 Å². The van der Waals surface area contributed by atoms with Crippen molar-refractivity contribution in [1.29, 1.82) is 0 Å². The topological polar surface area (TPSA) is 24.7 Å². The van der Waals surface area contributed by atoms with Gasteiger partial charge < -0.3 is 10.0 Å². The number of piperidine rings is 1. The Hall–Kier alpha value is -0.860. The lowest BCUT2D eigenvalue weighted by atomic mass is 9.59. The fourth-order valence-corrected chi connectivity index (χ4v) is 4.71. The molecule has 0 spiro atoms. The highest BCUT2D eigenvalue weighted by Gasteiger charge is 2.48. The number of nitrogens with one attached hydrogen (secondary N) is 1. The fraction of sp³-hybridized carbons (Fsp3) is 0.667. The van der Waals surface area contributed by atoms with Gasteiger partial charge in [-0.25, -0.2) is 0 Å². The number of likely N-dealkylation sites (tertiary alicyclic amines) is 1. The molecule has 0 bridgehead atoms. The average molecular weight is 274 g/mol. The Morgan fingerprint density at radius 3 is 2.75 bits per heavy atom. The van der Waals surface area contributed by atoms with Crippen LogP contribution in [0.4, 0.5) is 0 Å². The molecule has 2 nitrogen and oxygen atoms in total. The monoisotopic (exact) mass is 274 g/mol. The summed E-state index contributed by atoms with van der Waals surface area (Å²) in [5.41, 5.74) is 1.88. The van der Waals surface area contributed by atoms with Crippen LogP contribution in [-0.4, -0.2) is 24.3 Å². The molecule has 1 heterocycles. The minimum Gasteiger partial charge on any atom is -0.393 e. The lowest BCUT2D eigenvalue weighted by Crippen LogP contribution is -3.13. The number of aliphatic hydroxyl groups excluding tert-OH is 1. The first-order chi connectivity index (χ1) is 9.58. The van der Waals surface area contributed by atoms with E-state index in [1.807, 2.05) is 0 Å². The first-order valence-corrected chi connectivity index (χ1v) is 8.14. The summed E-state index contributed by atoms with van der Waals surface area (Å²) in [5, 5.41) is 10.1. The van der Waals surface area contributed by atoms with E-state index >= 15 is 0 Å². The van der Waals surface area contributed by atoms with Crippen LogP contribution in [0.2, 0.25) is 0 Å². The predicted octanol–water partition coefficient (Wildman–Crippen LogP) is 1.89. The number of rotatable bonds is 2. The normalized spacial score (nSPS) is 41.1. The zero-order valence-corrected chi connectivity index (χ0v) is 12.8. The first kappa shape index (κ1) is 14.1. The van der Waals surface area contributed by atoms with E-state index in [1.165, 1.54) is 31.5 Å². The minimum absolute atomic E-state index is 0.0660. The Labute approximate surface area is 122 Å². The zero-order chi connectivity index (χ0) is 14.2. The van der Waals surface area contributed by atoms with E-state index in [1.54, 1.807) is 4.90 Å². The standard InChI is InChI=1S/C18H27NO/c1-14-16-9-11-19(12-15-6-4-3-5-7-15)13-18(16,2)10-8-17(14)20/h3-7,14,16-17,20H,8-13H2,1-2H3/p+1/t14-,16-,17+,18-/m0/s1. The highest BCUT2D eigenvalue weighted by atomic mass is 16.3. The van der Waals surface area contributed by atoms with Crippen LogP contribution in [0.25, 0.3) is 0 Å². The summed E-state index contributed by atoms with van der Waals surface area (Å²) in [6.45, 7) is 8.40. The number of benzene rings is 1. The van der Waals surface area contributed by atoms with Crippen LogP contribution in [-0.2, 0) is 6.54 Å². The van der Waals surface area contributed by atoms with Crippen molar-refractivity contribution in [3.63, 3.8) is 0 Å². The predicted molar refractivity (Wildman–Crippen MR) is 81.5 cm³/mol. The Kier molecular flexibility index (Phi) is 3.87. The van der Waals surface area contributed by atoms with Gasteiger partial charge in [-0.1, -0.05) is 44.2 Å². The van der Waals surface area contributed by atoms with Gasteiger partial charge in [0.05, 0.1) is 19.2 Å². The molecular formula is C18H28NO+. The number of fused-ring (bicyclic) bond motifs is 1. The minimum atomic E-state index is -0.0660. The van der Waals surface area contributed by atoms with Crippen molar-refractivity contribution < 1.29 is 10.0 Å². The molecule has 1 saturated carbocycles. The molecule has 0 aromatic heterocycles. The van der Waals surface area contributed by atoms with Crippen LogP contribution in [0.15, 0.2) is 30.3 Å². The summed E-state index contributed by atoms with van der Waals surface area (Å²) in [6, 6.07) is 10.9. The molecule has 0 amide bonds. The maximum absolute atomic E-state index is 10.1. The maximum atomic E-state index is 10.1. The van der Waals surface area contributed by atoms with Crippen LogP contribution in [0.1, 0.15) is 38.7 Å². The fourth-order valence-electron chi connectivity index (χ4n) is 4.71. The number of hydrogen-bond acceptors (Lipinski definition) is 1. The van der Waals surface area contributed by atoms with Gasteiger partial charge in [0.1, 0.15) is 6.54 Å². The molecular weight excluding hydrogens is 246 g/mol. The molecule has 1 saturated heterocycles. The van der Waals surface area contributed by atoms with Gasteiger partial charge in [-0.15, -0.1) is 0 Å². The van der Waals surface area contributed by atoms with Crippen molar-refractivity contribution in [2.45, 2.75) is 45.8 Å². The van der Waals surface area contributed by atoms with Crippen molar-refractivity contribution in [3.05, 3.63) is 35.9 Å². The van der Waals surface area contributed by atoms with Crippen LogP contribution < -0.4 is 4.90 Å². The van der Waals surface area contributed by atoms with Crippen molar-refractivity contribution in [3.8, 4) is 0 Å². The van der Waals surface area contributed by atoms with Gasteiger partial charge in [0.2, 0.25) is 0 Å². The number of aliphatic hydroxyl groups is 1. The van der Waals surface area contributed by atoms with Crippen molar-refractivity contribution in [2.75, 3.05) is 13.1 Å². The van der Waals surface area contributed by atoms with Gasteiger partial charge >= 0.3 is 0 Å². The molecule has 2 fully saturated rings. The molecule has 2 N–H and O–H groups in total. The largest absolute Gasteiger partial charge is 0.393 e. The second kappa shape index (κ2) is 5.50. The van der Waals surface area contributed by atoms with Crippen LogP contribution in [0.3, 0.4) is 0 Å². The summed E-state index contributed by atoms with van der Waals surface area (Å²) in [5.74, 6) is 1.19. The molecule has 3 rings (SSSR count). The molecule has 0 radical (unpaired) electrons. The van der Waals surface area contributed by atoms with E-state index in [4.69, 9.17) is 0 Å². The summed E-state index contributed by atoms with van der Waals surface area (Å²) in [6.07, 6.45) is 3.40. The molecule has 1 aliphatic heterocycles. The van der Waals surface area contributed by atoms with Gasteiger partial charge in [0.15, 0.2) is 0 Å². The third-order valence-corrected chi connectivity index (χ3v) is 5.91. The molecule has 1 unspecified atom stereocenters. The van der Waals surface area contributed by atoms with E-state index < -0.39 is 0 Å². The third kappa shape index (κ3) is 2.64. The summed E-state index contributed by atoms with van der Waals surface area (Å²) >= 11 is 0. The molecule has 110 valence electrons. The lowest BCUT2D eigenvalue weighted by molar-refractivity contribution is -0.928. The number of quaternary nitrogens is 1. The van der Waals surface area contributed by atoms with E-state index in [0.29, 0.717) is 17.3 Å². The first-order valence-electron chi connectivity index (χ1n) is 8.14. The average Bonchev–Trinajstić information content (AvgIpc) is 2.44. The quantitative estimate of drug-likeness (QED) is 0.846. The van der Waals surface area contributed by atoms with Gasteiger partial charge in [-0.05, 0) is 24.7 Å². The molecule has 2 heteroatoms. The van der Waals surface area contributed by atoms with Crippen molar-refractivity contribution in [1.82, 2.24) is 0 Å². The number of hydrogen-bond donors (Lipinski definition) is 2. The van der Waals surface area contributed by atoms with Crippen molar-refractivity contribution >= 4 is 0 Å². The van der Waals surface area contributed by atoms with Gasteiger partial charge in [-0.3, -0.25) is 0 Å². The molecule has 2 aliphatic rings. The Morgan fingerprint density at radius 1 is 1.25 bits per heavy atom.